The molecule has 18 heavy (non-hydrogen) atoms. The Morgan fingerprint density at radius 1 is 1.28 bits per heavy atom. The van der Waals surface area contributed by atoms with Crippen LogP contribution in [0.2, 0.25) is 5.02 Å². The second-order valence-corrected chi connectivity index (χ2v) is 4.54. The summed E-state index contributed by atoms with van der Waals surface area (Å²) in [5.74, 6) is -0.493. The van der Waals surface area contributed by atoms with Gasteiger partial charge in [-0.05, 0) is 12.1 Å². The molecule has 90 valence electrons. The summed E-state index contributed by atoms with van der Waals surface area (Å²) >= 11 is 5.85. The number of aliphatic hydroxyl groups is 1. The number of amides is 1. The highest BCUT2D eigenvalue weighted by molar-refractivity contribution is 6.30. The molecule has 2 N–H and O–H groups in total. The van der Waals surface area contributed by atoms with E-state index in [0.29, 0.717) is 21.8 Å². The van der Waals surface area contributed by atoms with Gasteiger partial charge in [0.15, 0.2) is 5.60 Å². The van der Waals surface area contributed by atoms with Crippen molar-refractivity contribution >= 4 is 23.2 Å². The Morgan fingerprint density at radius 3 is 2.83 bits per heavy atom. The second-order valence-electron chi connectivity index (χ2n) is 4.10. The molecule has 1 aliphatic heterocycles. The van der Waals surface area contributed by atoms with E-state index in [9.17, 15) is 9.90 Å². The third kappa shape index (κ3) is 1.43. The molecule has 0 saturated heterocycles. The van der Waals surface area contributed by atoms with Crippen molar-refractivity contribution in [2.75, 3.05) is 5.32 Å². The molecular formula is C13H9ClN2O2. The lowest BCUT2D eigenvalue weighted by Crippen LogP contribution is -2.35. The topological polar surface area (TPSA) is 62.2 Å². The first-order valence-electron chi connectivity index (χ1n) is 5.37. The Balaban J connectivity index is 2.23. The number of hydrogen-bond acceptors (Lipinski definition) is 3. The lowest BCUT2D eigenvalue weighted by atomic mass is 9.89. The van der Waals surface area contributed by atoms with Gasteiger partial charge in [-0.1, -0.05) is 29.8 Å². The van der Waals surface area contributed by atoms with Crippen molar-refractivity contribution in [1.82, 2.24) is 4.98 Å². The maximum atomic E-state index is 12.0. The van der Waals surface area contributed by atoms with Crippen LogP contribution in [-0.2, 0) is 10.4 Å². The molecule has 1 amide bonds. The summed E-state index contributed by atoms with van der Waals surface area (Å²) in [6.45, 7) is 0. The van der Waals surface area contributed by atoms with Gasteiger partial charge in [0, 0.05) is 29.2 Å². The number of anilines is 1. The number of aromatic nitrogens is 1. The van der Waals surface area contributed by atoms with Crippen molar-refractivity contribution in [3.8, 4) is 0 Å². The summed E-state index contributed by atoms with van der Waals surface area (Å²) < 4.78 is 0. The van der Waals surface area contributed by atoms with Crippen molar-refractivity contribution in [2.45, 2.75) is 5.60 Å². The summed E-state index contributed by atoms with van der Waals surface area (Å²) in [4.78, 5) is 15.9. The quantitative estimate of drug-likeness (QED) is 0.824. The average Bonchev–Trinajstić information content (AvgIpc) is 2.63. The van der Waals surface area contributed by atoms with Gasteiger partial charge in [-0.25, -0.2) is 0 Å². The maximum Gasteiger partial charge on any atom is 0.265 e. The first kappa shape index (κ1) is 11.2. The van der Waals surface area contributed by atoms with E-state index < -0.39 is 11.5 Å². The van der Waals surface area contributed by atoms with Crippen LogP contribution in [0, 0.1) is 0 Å². The molecule has 2 aromatic rings. The van der Waals surface area contributed by atoms with E-state index in [2.05, 4.69) is 10.3 Å². The lowest BCUT2D eigenvalue weighted by Gasteiger charge is -2.20. The Hall–Kier alpha value is -1.91. The van der Waals surface area contributed by atoms with Gasteiger partial charge in [-0.2, -0.15) is 0 Å². The fraction of sp³-hybridized carbons (Fsp3) is 0.0769. The van der Waals surface area contributed by atoms with Gasteiger partial charge in [0.05, 0.1) is 5.02 Å². The molecule has 4 nitrogen and oxygen atoms in total. The van der Waals surface area contributed by atoms with E-state index in [1.165, 1.54) is 18.5 Å². The number of nitrogens with zero attached hydrogens (tertiary/aromatic N) is 1. The number of carbonyl (C=O) groups excluding carboxylic acids is 1. The summed E-state index contributed by atoms with van der Waals surface area (Å²) in [5, 5.41) is 13.7. The molecule has 1 atom stereocenters. The van der Waals surface area contributed by atoms with Crippen LogP contribution < -0.4 is 5.32 Å². The van der Waals surface area contributed by atoms with Crippen LogP contribution in [0.1, 0.15) is 11.1 Å². The smallest absolute Gasteiger partial charge is 0.265 e. The minimum absolute atomic E-state index is 0.359. The van der Waals surface area contributed by atoms with E-state index in [-0.39, 0.29) is 0 Å². The van der Waals surface area contributed by atoms with Gasteiger partial charge in [0.2, 0.25) is 0 Å². The number of carbonyl (C=O) groups is 1. The summed E-state index contributed by atoms with van der Waals surface area (Å²) in [7, 11) is 0. The first-order valence-corrected chi connectivity index (χ1v) is 5.74. The Kier molecular flexibility index (Phi) is 2.36. The number of nitrogens with one attached hydrogen (secondary N) is 1. The molecule has 5 heteroatoms. The normalized spacial score (nSPS) is 21.6. The summed E-state index contributed by atoms with van der Waals surface area (Å²) in [5.41, 5.74) is -0.254. The van der Waals surface area contributed by atoms with Crippen LogP contribution in [0.5, 0.6) is 0 Å². The van der Waals surface area contributed by atoms with Crippen LogP contribution in [0.4, 0.5) is 5.69 Å². The Bertz CT molecular complexity index is 644. The standard InChI is InChI=1S/C13H9ClN2O2/c14-9-5-8(6-15-7-9)13(18)10-3-1-2-4-11(10)16-12(13)17/h1-7,18H,(H,16,17). The SMILES string of the molecule is O=C1Nc2ccccc2C1(O)c1cncc(Cl)c1. The molecule has 0 bridgehead atoms. The van der Waals surface area contributed by atoms with Crippen LogP contribution in [-0.4, -0.2) is 16.0 Å². The zero-order chi connectivity index (χ0) is 12.8. The molecule has 0 saturated carbocycles. The third-order valence-corrected chi connectivity index (χ3v) is 3.22. The number of benzene rings is 1. The zero-order valence-corrected chi connectivity index (χ0v) is 9.98. The summed E-state index contributed by atoms with van der Waals surface area (Å²) in [6.07, 6.45) is 2.89. The number of para-hydroxylation sites is 1. The van der Waals surface area contributed by atoms with Crippen LogP contribution in [0.25, 0.3) is 0 Å². The minimum atomic E-state index is -1.73. The van der Waals surface area contributed by atoms with E-state index in [4.69, 9.17) is 11.6 Å². The van der Waals surface area contributed by atoms with Crippen LogP contribution in [0.3, 0.4) is 0 Å². The molecule has 0 spiro atoms. The maximum absolute atomic E-state index is 12.0. The molecular weight excluding hydrogens is 252 g/mol. The van der Waals surface area contributed by atoms with Gasteiger partial charge < -0.3 is 10.4 Å². The van der Waals surface area contributed by atoms with E-state index in [1.54, 1.807) is 24.3 Å². The average molecular weight is 261 g/mol. The number of hydrogen-bond donors (Lipinski definition) is 2. The predicted octanol–water partition coefficient (Wildman–Crippen LogP) is 1.92. The lowest BCUT2D eigenvalue weighted by molar-refractivity contribution is -0.129. The van der Waals surface area contributed by atoms with Crippen molar-refractivity contribution in [2.24, 2.45) is 0 Å². The molecule has 1 aromatic carbocycles. The van der Waals surface area contributed by atoms with Crippen LogP contribution in [0.15, 0.2) is 42.7 Å². The van der Waals surface area contributed by atoms with Gasteiger partial charge in [0.25, 0.3) is 5.91 Å². The van der Waals surface area contributed by atoms with Gasteiger partial charge in [-0.15, -0.1) is 0 Å². The van der Waals surface area contributed by atoms with Crippen molar-refractivity contribution in [1.29, 1.82) is 0 Å². The number of pyridine rings is 1. The summed E-state index contributed by atoms with van der Waals surface area (Å²) in [6, 6.07) is 8.54. The second kappa shape index (κ2) is 3.80. The number of rotatable bonds is 1. The fourth-order valence-corrected chi connectivity index (χ4v) is 2.31. The highest BCUT2D eigenvalue weighted by Gasteiger charge is 2.46. The van der Waals surface area contributed by atoms with Gasteiger partial charge in [0.1, 0.15) is 0 Å². The molecule has 0 fully saturated rings. The molecule has 0 radical (unpaired) electrons. The third-order valence-electron chi connectivity index (χ3n) is 3.02. The van der Waals surface area contributed by atoms with E-state index in [1.807, 2.05) is 0 Å². The predicted molar refractivity (Wildman–Crippen MR) is 67.3 cm³/mol. The molecule has 0 aliphatic carbocycles. The van der Waals surface area contributed by atoms with E-state index >= 15 is 0 Å². The number of halogens is 1. The molecule has 1 unspecified atom stereocenters. The fourth-order valence-electron chi connectivity index (χ4n) is 2.14. The monoisotopic (exact) mass is 260 g/mol. The molecule has 2 heterocycles. The van der Waals surface area contributed by atoms with E-state index in [0.717, 1.165) is 0 Å². The first-order chi connectivity index (χ1) is 8.62. The Labute approximate surface area is 108 Å². The van der Waals surface area contributed by atoms with Crippen molar-refractivity contribution in [3.63, 3.8) is 0 Å². The zero-order valence-electron chi connectivity index (χ0n) is 9.22. The molecule has 3 rings (SSSR count). The Morgan fingerprint density at radius 2 is 2.06 bits per heavy atom. The van der Waals surface area contributed by atoms with Gasteiger partial charge in [-0.3, -0.25) is 9.78 Å². The molecule has 1 aromatic heterocycles. The largest absolute Gasteiger partial charge is 0.372 e. The number of fused-ring (bicyclic) bond motifs is 1. The van der Waals surface area contributed by atoms with Crippen molar-refractivity contribution in [3.05, 3.63) is 58.9 Å². The highest BCUT2D eigenvalue weighted by Crippen LogP contribution is 2.40. The van der Waals surface area contributed by atoms with Crippen LogP contribution >= 0.6 is 11.6 Å². The van der Waals surface area contributed by atoms with Gasteiger partial charge >= 0.3 is 0 Å². The molecule has 1 aliphatic rings. The highest BCUT2D eigenvalue weighted by atomic mass is 35.5. The minimum Gasteiger partial charge on any atom is -0.372 e. The van der Waals surface area contributed by atoms with Crippen molar-refractivity contribution < 1.29 is 9.90 Å².